The summed E-state index contributed by atoms with van der Waals surface area (Å²) < 4.78 is 14.8. The first-order valence-electron chi connectivity index (χ1n) is 14.4. The van der Waals surface area contributed by atoms with Crippen molar-refractivity contribution in [2.24, 2.45) is 0 Å². The molecule has 6 heteroatoms. The third kappa shape index (κ3) is 4.07. The highest BCUT2D eigenvalue weighted by Crippen LogP contribution is 2.39. The summed E-state index contributed by atoms with van der Waals surface area (Å²) in [5.74, 6) is 1.66. The maximum absolute atomic E-state index is 5.75. The average Bonchev–Trinajstić information content (AvgIpc) is 3.90. The summed E-state index contributed by atoms with van der Waals surface area (Å²) in [5.41, 5.74) is 9.36. The van der Waals surface area contributed by atoms with Gasteiger partial charge < -0.3 is 13.4 Å². The number of para-hydroxylation sites is 1. The lowest BCUT2D eigenvalue weighted by Crippen LogP contribution is -1.95. The molecule has 0 spiro atoms. The molecule has 9 rings (SSSR count). The van der Waals surface area contributed by atoms with E-state index in [4.69, 9.17) is 18.8 Å². The smallest absolute Gasteiger partial charge is 0.135 e. The van der Waals surface area contributed by atoms with Crippen molar-refractivity contribution in [1.82, 2.24) is 14.5 Å². The zero-order valence-corrected chi connectivity index (χ0v) is 24.2. The maximum atomic E-state index is 5.75. The quantitative estimate of drug-likeness (QED) is 0.202. The molecule has 5 nitrogen and oxygen atoms in total. The van der Waals surface area contributed by atoms with Gasteiger partial charge in [0.25, 0.3) is 0 Å². The summed E-state index contributed by atoms with van der Waals surface area (Å²) in [6.45, 7) is 0. The molecule has 208 valence electrons. The van der Waals surface area contributed by atoms with Gasteiger partial charge in [-0.2, -0.15) is 0 Å². The van der Waals surface area contributed by atoms with Gasteiger partial charge in [-0.25, -0.2) is 4.98 Å². The first-order valence-corrected chi connectivity index (χ1v) is 15.2. The number of furan rings is 2. The molecule has 0 bridgehead atoms. The van der Waals surface area contributed by atoms with E-state index < -0.39 is 0 Å². The minimum Gasteiger partial charge on any atom is -0.464 e. The molecule has 5 heterocycles. The van der Waals surface area contributed by atoms with E-state index in [0.717, 1.165) is 72.1 Å². The number of rotatable bonds is 5. The Bertz CT molecular complexity index is 2400. The highest BCUT2D eigenvalue weighted by atomic mass is 32.1. The van der Waals surface area contributed by atoms with Gasteiger partial charge in [-0.15, -0.1) is 11.3 Å². The average molecular weight is 586 g/mol. The topological polar surface area (TPSA) is 57.0 Å². The van der Waals surface area contributed by atoms with Gasteiger partial charge >= 0.3 is 0 Å². The van der Waals surface area contributed by atoms with Crippen molar-refractivity contribution in [3.63, 3.8) is 0 Å². The van der Waals surface area contributed by atoms with Gasteiger partial charge in [-0.05, 0) is 84.9 Å². The van der Waals surface area contributed by atoms with Crippen molar-refractivity contribution in [2.45, 2.75) is 0 Å². The Morgan fingerprint density at radius 1 is 0.568 bits per heavy atom. The van der Waals surface area contributed by atoms with Gasteiger partial charge in [0.2, 0.25) is 0 Å². The fourth-order valence-corrected chi connectivity index (χ4v) is 6.94. The second-order valence-electron chi connectivity index (χ2n) is 10.7. The molecule has 0 radical (unpaired) electrons. The molecule has 4 aromatic carbocycles. The molecule has 9 aromatic rings. The fraction of sp³-hybridized carbons (Fsp3) is 0. The molecule has 0 amide bonds. The molecule has 0 fully saturated rings. The fourth-order valence-electron chi connectivity index (χ4n) is 5.98. The molecule has 0 N–H and O–H groups in total. The van der Waals surface area contributed by atoms with E-state index in [2.05, 4.69) is 89.5 Å². The summed E-state index contributed by atoms with van der Waals surface area (Å²) in [7, 11) is 0. The van der Waals surface area contributed by atoms with E-state index in [-0.39, 0.29) is 0 Å². The standard InChI is InChI=1S/C38H23N3O2S/c1-2-11-37-32(8-1)40-38(44-37)26-12-15-29-30-21-25(35-9-4-18-42-35)14-17-33(30)41(34(29)22-26)28-7-3-6-24(20-28)31-16-13-27(23-39-31)36-10-5-19-43-36/h1-23H. The number of aromatic nitrogens is 3. The number of benzene rings is 4. The van der Waals surface area contributed by atoms with Crippen molar-refractivity contribution in [3.8, 4) is 50.2 Å². The lowest BCUT2D eigenvalue weighted by Gasteiger charge is -2.11. The molecule has 0 saturated heterocycles. The molecule has 0 aliphatic carbocycles. The highest BCUT2D eigenvalue weighted by Gasteiger charge is 2.17. The lowest BCUT2D eigenvalue weighted by atomic mass is 10.1. The Kier molecular flexibility index (Phi) is 5.61. The van der Waals surface area contributed by atoms with Crippen LogP contribution >= 0.6 is 11.3 Å². The molecular formula is C38H23N3O2S. The summed E-state index contributed by atoms with van der Waals surface area (Å²) in [6.07, 6.45) is 5.26. The van der Waals surface area contributed by atoms with Crippen LogP contribution in [0.2, 0.25) is 0 Å². The number of pyridine rings is 1. The zero-order valence-electron chi connectivity index (χ0n) is 23.3. The second kappa shape index (κ2) is 9.93. The lowest BCUT2D eigenvalue weighted by molar-refractivity contribution is 0.582. The Morgan fingerprint density at radius 3 is 2.18 bits per heavy atom. The van der Waals surface area contributed by atoms with Gasteiger partial charge in [-0.1, -0.05) is 36.4 Å². The summed E-state index contributed by atoms with van der Waals surface area (Å²) in [5, 5.41) is 3.34. The summed E-state index contributed by atoms with van der Waals surface area (Å²) >= 11 is 1.72. The molecule has 0 saturated carbocycles. The SMILES string of the molecule is c1cc(-c2ccc(-c3ccco3)cn2)cc(-n2c3ccc(-c4ccco4)cc3c3ccc(-c4nc5ccccc5s4)cc32)c1. The first-order chi connectivity index (χ1) is 21.8. The number of hydrogen-bond donors (Lipinski definition) is 0. The molecule has 5 aromatic heterocycles. The summed E-state index contributed by atoms with van der Waals surface area (Å²) in [6, 6.07) is 41.9. The predicted molar refractivity (Wildman–Crippen MR) is 178 cm³/mol. The molecule has 0 aliphatic rings. The highest BCUT2D eigenvalue weighted by molar-refractivity contribution is 7.21. The molecule has 0 aliphatic heterocycles. The number of hydrogen-bond acceptors (Lipinski definition) is 5. The van der Waals surface area contributed by atoms with Crippen molar-refractivity contribution in [2.75, 3.05) is 0 Å². The second-order valence-corrected chi connectivity index (χ2v) is 11.8. The van der Waals surface area contributed by atoms with E-state index in [1.165, 1.54) is 10.1 Å². The Labute approximate surface area is 256 Å². The van der Waals surface area contributed by atoms with E-state index in [0.29, 0.717) is 0 Å². The van der Waals surface area contributed by atoms with Crippen molar-refractivity contribution >= 4 is 43.4 Å². The number of thiazole rings is 1. The Hall–Kier alpha value is -5.72. The van der Waals surface area contributed by atoms with E-state index in [9.17, 15) is 0 Å². The van der Waals surface area contributed by atoms with E-state index >= 15 is 0 Å². The number of nitrogens with zero attached hydrogens (tertiary/aromatic N) is 3. The zero-order chi connectivity index (χ0) is 29.0. The van der Waals surface area contributed by atoms with Crippen LogP contribution in [0.15, 0.2) is 149 Å². The Balaban J connectivity index is 1.23. The Morgan fingerprint density at radius 2 is 1.39 bits per heavy atom. The van der Waals surface area contributed by atoms with Crippen molar-refractivity contribution < 1.29 is 8.83 Å². The minimum atomic E-state index is 0.806. The first kappa shape index (κ1) is 24.8. The van der Waals surface area contributed by atoms with Crippen LogP contribution in [0.5, 0.6) is 0 Å². The molecule has 44 heavy (non-hydrogen) atoms. The third-order valence-electron chi connectivity index (χ3n) is 8.08. The normalized spacial score (nSPS) is 11.6. The van der Waals surface area contributed by atoms with Crippen LogP contribution in [0.4, 0.5) is 0 Å². The predicted octanol–water partition coefficient (Wildman–Crippen LogP) is 10.6. The van der Waals surface area contributed by atoms with E-state index in [1.807, 2.05) is 42.6 Å². The monoisotopic (exact) mass is 585 g/mol. The van der Waals surface area contributed by atoms with Gasteiger partial charge in [0.1, 0.15) is 16.5 Å². The van der Waals surface area contributed by atoms with Crippen LogP contribution in [0.3, 0.4) is 0 Å². The molecular weight excluding hydrogens is 563 g/mol. The van der Waals surface area contributed by atoms with Gasteiger partial charge in [0.05, 0.1) is 39.5 Å². The summed E-state index contributed by atoms with van der Waals surface area (Å²) in [4.78, 5) is 9.74. The van der Waals surface area contributed by atoms with E-state index in [1.54, 1.807) is 23.9 Å². The van der Waals surface area contributed by atoms with Gasteiger partial charge in [0, 0.05) is 44.9 Å². The van der Waals surface area contributed by atoms with Crippen LogP contribution < -0.4 is 0 Å². The van der Waals surface area contributed by atoms with Crippen molar-refractivity contribution in [1.29, 1.82) is 0 Å². The largest absolute Gasteiger partial charge is 0.464 e. The van der Waals surface area contributed by atoms with Crippen LogP contribution in [-0.2, 0) is 0 Å². The third-order valence-corrected chi connectivity index (χ3v) is 9.17. The van der Waals surface area contributed by atoms with Crippen LogP contribution in [-0.4, -0.2) is 14.5 Å². The molecule has 0 unspecified atom stereocenters. The van der Waals surface area contributed by atoms with Crippen molar-refractivity contribution in [3.05, 3.63) is 140 Å². The van der Waals surface area contributed by atoms with Crippen LogP contribution in [0.25, 0.3) is 82.2 Å². The van der Waals surface area contributed by atoms with Crippen LogP contribution in [0, 0.1) is 0 Å². The van der Waals surface area contributed by atoms with Crippen LogP contribution in [0.1, 0.15) is 0 Å². The maximum Gasteiger partial charge on any atom is 0.135 e. The molecule has 0 atom stereocenters. The number of fused-ring (bicyclic) bond motifs is 4. The van der Waals surface area contributed by atoms with Gasteiger partial charge in [0.15, 0.2) is 0 Å². The minimum absolute atomic E-state index is 0.806. The van der Waals surface area contributed by atoms with Gasteiger partial charge in [-0.3, -0.25) is 4.98 Å².